The molecule has 4 rings (SSSR count). The van der Waals surface area contributed by atoms with E-state index in [4.69, 9.17) is 21.1 Å². The van der Waals surface area contributed by atoms with Crippen LogP contribution in [-0.4, -0.2) is 60.2 Å². The van der Waals surface area contributed by atoms with Gasteiger partial charge in [0.2, 0.25) is 11.8 Å². The number of carbonyl (C=O) groups is 1. The Labute approximate surface area is 222 Å². The number of alkyl halides is 2. The molecule has 1 N–H and O–H groups in total. The summed E-state index contributed by atoms with van der Waals surface area (Å²) in [6.07, 6.45) is 7.90. The maximum Gasteiger partial charge on any atom is 0.345 e. The second-order valence-electron chi connectivity index (χ2n) is 8.43. The van der Waals surface area contributed by atoms with Crippen LogP contribution in [0.25, 0.3) is 10.9 Å². The number of ether oxygens (including phenoxy) is 3. The highest BCUT2D eigenvalue weighted by Gasteiger charge is 2.16. The summed E-state index contributed by atoms with van der Waals surface area (Å²) in [5.41, 5.74) is 0.564. The van der Waals surface area contributed by atoms with E-state index in [9.17, 15) is 18.0 Å². The summed E-state index contributed by atoms with van der Waals surface area (Å²) in [6.45, 7) is -0.872. The van der Waals surface area contributed by atoms with Gasteiger partial charge in [0, 0.05) is 18.7 Å². The zero-order chi connectivity index (χ0) is 26.9. The van der Waals surface area contributed by atoms with Gasteiger partial charge in [0.1, 0.15) is 18.7 Å². The molecule has 12 heteroatoms. The van der Waals surface area contributed by atoms with E-state index in [0.717, 1.165) is 25.9 Å². The lowest BCUT2D eigenvalue weighted by molar-refractivity contribution is -0.133. The van der Waals surface area contributed by atoms with Gasteiger partial charge in [0.25, 0.3) is 0 Å². The van der Waals surface area contributed by atoms with Crippen molar-refractivity contribution in [2.75, 3.05) is 38.2 Å². The third kappa shape index (κ3) is 7.56. The Morgan fingerprint density at radius 3 is 2.74 bits per heavy atom. The van der Waals surface area contributed by atoms with E-state index in [1.54, 1.807) is 6.08 Å². The molecular formula is C26H26ClF3N4O4. The van der Waals surface area contributed by atoms with E-state index in [2.05, 4.69) is 24.9 Å². The number of piperidine rings is 1. The first kappa shape index (κ1) is 27.6. The molecule has 1 aromatic heterocycles. The molecule has 38 heavy (non-hydrogen) atoms. The van der Waals surface area contributed by atoms with Gasteiger partial charge in [-0.2, -0.15) is 8.78 Å². The normalized spacial score (nSPS) is 14.3. The van der Waals surface area contributed by atoms with E-state index in [1.807, 2.05) is 0 Å². The zero-order valence-corrected chi connectivity index (χ0v) is 21.1. The Morgan fingerprint density at radius 1 is 1.13 bits per heavy atom. The first-order valence-electron chi connectivity index (χ1n) is 12.0. The number of hydrogen-bond acceptors (Lipinski definition) is 7. The van der Waals surface area contributed by atoms with Crippen LogP contribution in [0.15, 0.2) is 48.8 Å². The van der Waals surface area contributed by atoms with Crippen LogP contribution in [0.3, 0.4) is 0 Å². The lowest BCUT2D eigenvalue weighted by atomic mass is 10.1. The number of fused-ring (bicyclic) bond motifs is 1. The lowest BCUT2D eigenvalue weighted by Gasteiger charge is -2.24. The van der Waals surface area contributed by atoms with Crippen molar-refractivity contribution >= 4 is 34.1 Å². The van der Waals surface area contributed by atoms with Crippen LogP contribution in [0.5, 0.6) is 17.4 Å². The first-order valence-corrected chi connectivity index (χ1v) is 12.4. The van der Waals surface area contributed by atoms with Crippen LogP contribution in [0, 0.1) is 5.82 Å². The summed E-state index contributed by atoms with van der Waals surface area (Å²) in [7, 11) is 0. The highest BCUT2D eigenvalue weighted by molar-refractivity contribution is 6.30. The molecule has 202 valence electrons. The summed E-state index contributed by atoms with van der Waals surface area (Å²) in [5.74, 6) is -1.14. The van der Waals surface area contributed by atoms with Gasteiger partial charge in [-0.3, -0.25) is 9.69 Å². The van der Waals surface area contributed by atoms with Crippen molar-refractivity contribution in [1.29, 1.82) is 0 Å². The number of benzene rings is 2. The van der Waals surface area contributed by atoms with Gasteiger partial charge < -0.3 is 19.5 Å². The van der Waals surface area contributed by atoms with Gasteiger partial charge in [0.15, 0.2) is 11.6 Å². The predicted octanol–water partition coefficient (Wildman–Crippen LogP) is 5.81. The molecule has 0 atom stereocenters. The molecule has 2 heterocycles. The van der Waals surface area contributed by atoms with Crippen molar-refractivity contribution in [3.05, 3.63) is 59.7 Å². The van der Waals surface area contributed by atoms with Crippen LogP contribution in [0.2, 0.25) is 5.02 Å². The van der Waals surface area contributed by atoms with Gasteiger partial charge in [-0.1, -0.05) is 30.2 Å². The van der Waals surface area contributed by atoms with Crippen molar-refractivity contribution in [3.63, 3.8) is 0 Å². The summed E-state index contributed by atoms with van der Waals surface area (Å²) in [4.78, 5) is 23.2. The highest BCUT2D eigenvalue weighted by Crippen LogP contribution is 2.36. The van der Waals surface area contributed by atoms with Crippen LogP contribution in [0.4, 0.5) is 18.9 Å². The van der Waals surface area contributed by atoms with Crippen molar-refractivity contribution in [3.8, 4) is 17.4 Å². The molecule has 1 fully saturated rings. The van der Waals surface area contributed by atoms with E-state index in [0.29, 0.717) is 17.4 Å². The fraction of sp³-hybridized carbons (Fsp3) is 0.346. The molecule has 0 bridgehead atoms. The highest BCUT2D eigenvalue weighted by atomic mass is 35.5. The molecule has 0 unspecified atom stereocenters. The van der Waals surface area contributed by atoms with E-state index in [-0.39, 0.29) is 41.3 Å². The Balaban J connectivity index is 1.58. The molecule has 0 saturated carbocycles. The number of aromatic nitrogens is 2. The van der Waals surface area contributed by atoms with Gasteiger partial charge in [-0.15, -0.1) is 0 Å². The van der Waals surface area contributed by atoms with E-state index >= 15 is 0 Å². The third-order valence-electron chi connectivity index (χ3n) is 5.75. The van der Waals surface area contributed by atoms with Crippen molar-refractivity contribution in [2.24, 2.45) is 0 Å². The second kappa shape index (κ2) is 13.4. The molecule has 1 amide bonds. The third-order valence-corrected chi connectivity index (χ3v) is 6.04. The minimum atomic E-state index is -2.93. The number of nitrogens with one attached hydrogen (secondary N) is 1. The second-order valence-corrected chi connectivity index (χ2v) is 8.84. The molecule has 0 aliphatic carbocycles. The summed E-state index contributed by atoms with van der Waals surface area (Å²) in [5, 5.41) is 2.96. The average Bonchev–Trinajstić information content (AvgIpc) is 2.90. The topological polar surface area (TPSA) is 85.8 Å². The van der Waals surface area contributed by atoms with Crippen LogP contribution >= 0.6 is 11.6 Å². The van der Waals surface area contributed by atoms with Gasteiger partial charge in [0.05, 0.1) is 28.2 Å². The summed E-state index contributed by atoms with van der Waals surface area (Å²) < 4.78 is 54.6. The SMILES string of the molecule is O=C(/C=C/CN1CCCCC1)Nc1cc2c(Oc3cccc(Cl)c3F)ncnc2cc1OCCOC(F)F. The first-order chi connectivity index (χ1) is 18.4. The molecule has 0 radical (unpaired) electrons. The van der Waals surface area contributed by atoms with Crippen molar-refractivity contribution < 1.29 is 32.2 Å². The van der Waals surface area contributed by atoms with Crippen LogP contribution in [0.1, 0.15) is 19.3 Å². The molecule has 3 aromatic rings. The molecule has 1 aliphatic rings. The Bertz CT molecular complexity index is 1290. The van der Waals surface area contributed by atoms with E-state index in [1.165, 1.54) is 49.2 Å². The minimum Gasteiger partial charge on any atom is -0.489 e. The molecule has 8 nitrogen and oxygen atoms in total. The van der Waals surface area contributed by atoms with Crippen molar-refractivity contribution in [2.45, 2.75) is 25.9 Å². The molecular weight excluding hydrogens is 525 g/mol. The smallest absolute Gasteiger partial charge is 0.345 e. The van der Waals surface area contributed by atoms with Crippen LogP contribution < -0.4 is 14.8 Å². The molecule has 0 spiro atoms. The zero-order valence-electron chi connectivity index (χ0n) is 20.3. The van der Waals surface area contributed by atoms with Crippen molar-refractivity contribution in [1.82, 2.24) is 14.9 Å². The molecule has 1 saturated heterocycles. The van der Waals surface area contributed by atoms with Gasteiger partial charge >= 0.3 is 6.61 Å². The quantitative estimate of drug-likeness (QED) is 0.238. The summed E-state index contributed by atoms with van der Waals surface area (Å²) >= 11 is 5.85. The number of nitrogens with zero attached hydrogens (tertiary/aromatic N) is 3. The summed E-state index contributed by atoms with van der Waals surface area (Å²) in [6, 6.07) is 7.31. The average molecular weight is 551 g/mol. The molecule has 2 aromatic carbocycles. The number of carbonyl (C=O) groups excluding carboxylic acids is 1. The fourth-order valence-corrected chi connectivity index (χ4v) is 4.11. The standard InChI is InChI=1S/C26H26ClF3N4O4/c27-18-6-4-7-21(24(18)28)38-25-17-14-20(33-23(35)8-5-11-34-9-2-1-3-10-34)22(15-19(17)31-16-32-25)36-12-13-37-26(29)30/h4-8,14-16,26H,1-3,9-13H2,(H,33,35)/b8-5+. The number of amides is 1. The number of anilines is 1. The van der Waals surface area contributed by atoms with Gasteiger partial charge in [-0.05, 0) is 44.1 Å². The number of likely N-dealkylation sites (tertiary alicyclic amines) is 1. The predicted molar refractivity (Wildman–Crippen MR) is 137 cm³/mol. The minimum absolute atomic E-state index is 0.0138. The van der Waals surface area contributed by atoms with Crippen LogP contribution in [-0.2, 0) is 9.53 Å². The largest absolute Gasteiger partial charge is 0.489 e. The Kier molecular flexibility index (Phi) is 9.74. The lowest BCUT2D eigenvalue weighted by Crippen LogP contribution is -2.29. The Hall–Kier alpha value is -3.41. The fourth-order valence-electron chi connectivity index (χ4n) is 3.94. The van der Waals surface area contributed by atoms with E-state index < -0.39 is 18.3 Å². The number of halogens is 4. The maximum absolute atomic E-state index is 14.4. The van der Waals surface area contributed by atoms with Gasteiger partial charge in [-0.25, -0.2) is 14.4 Å². The monoisotopic (exact) mass is 550 g/mol. The Morgan fingerprint density at radius 2 is 1.95 bits per heavy atom. The molecule has 1 aliphatic heterocycles. The maximum atomic E-state index is 14.4. The number of rotatable bonds is 11. The number of hydrogen-bond donors (Lipinski definition) is 1.